The topological polar surface area (TPSA) is 62.1 Å². The molecule has 4 nitrogen and oxygen atoms in total. The van der Waals surface area contributed by atoms with Gasteiger partial charge in [-0.1, -0.05) is 0 Å². The minimum absolute atomic E-state index is 0.0368. The van der Waals surface area contributed by atoms with Crippen LogP contribution in [0.2, 0.25) is 0 Å². The van der Waals surface area contributed by atoms with Crippen molar-refractivity contribution in [3.05, 3.63) is 23.5 Å². The lowest BCUT2D eigenvalue weighted by atomic mass is 10.3. The molecular weight excluding hydrogens is 178 g/mol. The summed E-state index contributed by atoms with van der Waals surface area (Å²) in [4.78, 5) is 16.6. The van der Waals surface area contributed by atoms with Gasteiger partial charge in [0.15, 0.2) is 0 Å². The van der Waals surface area contributed by atoms with Gasteiger partial charge >= 0.3 is 0 Å². The molecule has 0 spiro atoms. The van der Waals surface area contributed by atoms with Crippen LogP contribution in [-0.2, 0) is 6.54 Å². The van der Waals surface area contributed by atoms with Gasteiger partial charge in [-0.15, -0.1) is 0 Å². The summed E-state index contributed by atoms with van der Waals surface area (Å²) in [5, 5.41) is 0. The maximum atomic E-state index is 11.8. The number of hydrogen-bond acceptors (Lipinski definition) is 2. The van der Waals surface area contributed by atoms with E-state index >= 15 is 0 Å². The zero-order valence-electron chi connectivity index (χ0n) is 8.71. The highest BCUT2D eigenvalue weighted by Gasteiger charge is 2.13. The van der Waals surface area contributed by atoms with Crippen LogP contribution in [0.15, 0.2) is 12.1 Å². The second-order valence-corrected chi connectivity index (χ2v) is 3.08. The first kappa shape index (κ1) is 10.8. The summed E-state index contributed by atoms with van der Waals surface area (Å²) in [7, 11) is 0. The summed E-state index contributed by atoms with van der Waals surface area (Å²) in [5.41, 5.74) is 6.96. The fourth-order valence-corrected chi connectivity index (χ4v) is 1.37. The third kappa shape index (κ3) is 2.14. The van der Waals surface area contributed by atoms with Crippen LogP contribution in [0.4, 0.5) is 0 Å². The molecule has 1 rings (SSSR count). The molecule has 0 aliphatic rings. The van der Waals surface area contributed by atoms with E-state index in [1.54, 1.807) is 11.0 Å². The maximum Gasteiger partial charge on any atom is 0.270 e. The van der Waals surface area contributed by atoms with Gasteiger partial charge in [0.05, 0.1) is 0 Å². The Bertz CT molecular complexity index is 302. The summed E-state index contributed by atoms with van der Waals surface area (Å²) < 4.78 is 0. The fourth-order valence-electron chi connectivity index (χ4n) is 1.37. The number of aromatic amines is 1. The third-order valence-electron chi connectivity index (χ3n) is 2.25. The quantitative estimate of drug-likeness (QED) is 0.751. The smallest absolute Gasteiger partial charge is 0.270 e. The Morgan fingerprint density at radius 1 is 1.43 bits per heavy atom. The number of H-pyrrole nitrogens is 1. The molecule has 0 aromatic carbocycles. The average Bonchev–Trinajstić information content (AvgIpc) is 2.67. The molecule has 4 heteroatoms. The van der Waals surface area contributed by atoms with Gasteiger partial charge in [0.2, 0.25) is 0 Å². The molecule has 0 aliphatic carbocycles. The highest BCUT2D eigenvalue weighted by molar-refractivity contribution is 5.92. The van der Waals surface area contributed by atoms with Crippen LogP contribution < -0.4 is 5.73 Å². The molecule has 14 heavy (non-hydrogen) atoms. The van der Waals surface area contributed by atoms with E-state index in [0.717, 1.165) is 18.8 Å². The van der Waals surface area contributed by atoms with E-state index in [4.69, 9.17) is 5.73 Å². The van der Waals surface area contributed by atoms with Crippen molar-refractivity contribution in [1.29, 1.82) is 0 Å². The van der Waals surface area contributed by atoms with Crippen molar-refractivity contribution in [1.82, 2.24) is 9.88 Å². The molecule has 0 unspecified atom stereocenters. The fraction of sp³-hybridized carbons (Fsp3) is 0.500. The predicted molar refractivity (Wildman–Crippen MR) is 55.9 cm³/mol. The van der Waals surface area contributed by atoms with Crippen LogP contribution in [0.3, 0.4) is 0 Å². The van der Waals surface area contributed by atoms with Crippen LogP contribution >= 0.6 is 0 Å². The standard InChI is InChI=1S/C10H17N3O/c1-3-13(4-2)10(14)9-6-5-8(7-11)12-9/h5-6,12H,3-4,7,11H2,1-2H3. The predicted octanol–water partition coefficient (Wildman–Crippen LogP) is 0.955. The highest BCUT2D eigenvalue weighted by Crippen LogP contribution is 2.05. The second kappa shape index (κ2) is 4.81. The first-order chi connectivity index (χ1) is 6.72. The monoisotopic (exact) mass is 195 g/mol. The van der Waals surface area contributed by atoms with Gasteiger partial charge in [-0.3, -0.25) is 4.79 Å². The Labute approximate surface area is 84.1 Å². The van der Waals surface area contributed by atoms with Gasteiger partial charge in [-0.05, 0) is 26.0 Å². The van der Waals surface area contributed by atoms with E-state index in [-0.39, 0.29) is 5.91 Å². The summed E-state index contributed by atoms with van der Waals surface area (Å²) in [5.74, 6) is 0.0368. The van der Waals surface area contributed by atoms with Gasteiger partial charge in [0, 0.05) is 25.3 Å². The molecule has 0 atom stereocenters. The SMILES string of the molecule is CCN(CC)C(=O)c1ccc(CN)[nH]1. The van der Waals surface area contributed by atoms with E-state index in [2.05, 4.69) is 4.98 Å². The molecule has 0 bridgehead atoms. The second-order valence-electron chi connectivity index (χ2n) is 3.08. The Morgan fingerprint density at radius 2 is 2.07 bits per heavy atom. The maximum absolute atomic E-state index is 11.8. The van der Waals surface area contributed by atoms with Crippen LogP contribution in [0.1, 0.15) is 30.0 Å². The summed E-state index contributed by atoms with van der Waals surface area (Å²) in [6, 6.07) is 3.62. The molecule has 0 fully saturated rings. The molecule has 3 N–H and O–H groups in total. The van der Waals surface area contributed by atoms with Crippen LogP contribution in [-0.4, -0.2) is 28.9 Å². The van der Waals surface area contributed by atoms with Crippen molar-refractivity contribution < 1.29 is 4.79 Å². The van der Waals surface area contributed by atoms with E-state index in [0.29, 0.717) is 12.2 Å². The van der Waals surface area contributed by atoms with Gasteiger partial charge < -0.3 is 15.6 Å². The van der Waals surface area contributed by atoms with E-state index in [1.165, 1.54) is 0 Å². The number of nitrogens with zero attached hydrogens (tertiary/aromatic N) is 1. The molecule has 1 heterocycles. The molecule has 0 radical (unpaired) electrons. The number of hydrogen-bond donors (Lipinski definition) is 2. The highest BCUT2D eigenvalue weighted by atomic mass is 16.2. The summed E-state index contributed by atoms with van der Waals surface area (Å²) in [6.45, 7) is 5.83. The zero-order valence-corrected chi connectivity index (χ0v) is 8.71. The van der Waals surface area contributed by atoms with Crippen LogP contribution in [0, 0.1) is 0 Å². The van der Waals surface area contributed by atoms with Gasteiger partial charge in [-0.2, -0.15) is 0 Å². The lowest BCUT2D eigenvalue weighted by Gasteiger charge is -2.17. The molecule has 78 valence electrons. The van der Waals surface area contributed by atoms with E-state index < -0.39 is 0 Å². The van der Waals surface area contributed by atoms with Crippen molar-refractivity contribution in [2.75, 3.05) is 13.1 Å². The summed E-state index contributed by atoms with van der Waals surface area (Å²) in [6.07, 6.45) is 0. The molecule has 0 saturated carbocycles. The summed E-state index contributed by atoms with van der Waals surface area (Å²) >= 11 is 0. The minimum Gasteiger partial charge on any atom is -0.353 e. The third-order valence-corrected chi connectivity index (χ3v) is 2.25. The van der Waals surface area contributed by atoms with Crippen molar-refractivity contribution >= 4 is 5.91 Å². The Morgan fingerprint density at radius 3 is 2.50 bits per heavy atom. The van der Waals surface area contributed by atoms with Crippen molar-refractivity contribution in [3.8, 4) is 0 Å². The molecule has 1 aromatic rings. The normalized spacial score (nSPS) is 10.2. The van der Waals surface area contributed by atoms with Gasteiger partial charge in [0.25, 0.3) is 5.91 Å². The molecule has 1 aromatic heterocycles. The first-order valence-electron chi connectivity index (χ1n) is 4.90. The lowest BCUT2D eigenvalue weighted by Crippen LogP contribution is -2.30. The Kier molecular flexibility index (Phi) is 3.71. The number of carbonyl (C=O) groups is 1. The van der Waals surface area contributed by atoms with Crippen LogP contribution in [0.5, 0.6) is 0 Å². The zero-order chi connectivity index (χ0) is 10.6. The van der Waals surface area contributed by atoms with Crippen molar-refractivity contribution in [2.45, 2.75) is 20.4 Å². The van der Waals surface area contributed by atoms with Gasteiger partial charge in [0.1, 0.15) is 5.69 Å². The lowest BCUT2D eigenvalue weighted by molar-refractivity contribution is 0.0767. The van der Waals surface area contributed by atoms with Crippen molar-refractivity contribution in [2.24, 2.45) is 5.73 Å². The number of nitrogens with two attached hydrogens (primary N) is 1. The number of rotatable bonds is 4. The van der Waals surface area contributed by atoms with E-state index in [1.807, 2.05) is 19.9 Å². The van der Waals surface area contributed by atoms with E-state index in [9.17, 15) is 4.79 Å². The number of carbonyl (C=O) groups excluding carboxylic acids is 1. The number of amides is 1. The Balaban J connectivity index is 2.77. The minimum atomic E-state index is 0.0368. The van der Waals surface area contributed by atoms with Gasteiger partial charge in [-0.25, -0.2) is 0 Å². The molecular formula is C10H17N3O. The molecule has 1 amide bonds. The largest absolute Gasteiger partial charge is 0.353 e. The average molecular weight is 195 g/mol. The first-order valence-corrected chi connectivity index (χ1v) is 4.90. The number of nitrogens with one attached hydrogen (secondary N) is 1. The Hall–Kier alpha value is -1.29. The molecule has 0 aliphatic heterocycles. The van der Waals surface area contributed by atoms with Crippen molar-refractivity contribution in [3.63, 3.8) is 0 Å². The molecule has 0 saturated heterocycles. The van der Waals surface area contributed by atoms with Crippen LogP contribution in [0.25, 0.3) is 0 Å². The number of aromatic nitrogens is 1.